The summed E-state index contributed by atoms with van der Waals surface area (Å²) >= 11 is 2.05. The Labute approximate surface area is 156 Å². The highest BCUT2D eigenvalue weighted by atomic mass is 32.2. The Hall–Kier alpha value is -1.32. The fourth-order valence-corrected chi connectivity index (χ4v) is 5.63. The third kappa shape index (κ3) is 4.27. The molecule has 0 radical (unpaired) electrons. The summed E-state index contributed by atoms with van der Waals surface area (Å²) in [4.78, 5) is 7.45. The second kappa shape index (κ2) is 8.37. The van der Waals surface area contributed by atoms with Gasteiger partial charge in [-0.2, -0.15) is 0 Å². The molecule has 0 bridgehead atoms. The maximum Gasteiger partial charge on any atom is 0.101 e. The van der Waals surface area contributed by atoms with Crippen molar-refractivity contribution in [2.45, 2.75) is 67.8 Å². The summed E-state index contributed by atoms with van der Waals surface area (Å²) in [5.41, 5.74) is 2.88. The number of benzene rings is 1. The summed E-state index contributed by atoms with van der Waals surface area (Å²) < 4.78 is 0. The zero-order valence-corrected chi connectivity index (χ0v) is 15.8. The van der Waals surface area contributed by atoms with Crippen molar-refractivity contribution in [2.24, 2.45) is 0 Å². The van der Waals surface area contributed by atoms with Crippen molar-refractivity contribution in [1.29, 1.82) is 0 Å². The lowest BCUT2D eigenvalue weighted by Gasteiger charge is -2.27. The lowest BCUT2D eigenvalue weighted by atomic mass is 10.0. The number of pyridine rings is 1. The van der Waals surface area contributed by atoms with Crippen molar-refractivity contribution >= 4 is 11.8 Å². The summed E-state index contributed by atoms with van der Waals surface area (Å²) in [6.07, 6.45) is 11.5. The third-order valence-electron chi connectivity index (χ3n) is 5.58. The largest absolute Gasteiger partial charge is 0.292 e. The standard InChI is InChI=1S/C22H28N2S/c1-3-9-18(10-4-1)17-24-16-8-14-21(24)20-13-7-15-23-22(20)25-19-11-5-2-6-12-19/h1,3-4,7,9-10,13,15,19,21H,2,5-6,8,11-12,14,16-17H2/t21-/m1/s1. The molecular formula is C22H28N2S. The Morgan fingerprint density at radius 3 is 2.60 bits per heavy atom. The van der Waals surface area contributed by atoms with Crippen LogP contribution in [0.5, 0.6) is 0 Å². The Bertz CT molecular complexity index is 667. The Morgan fingerprint density at radius 1 is 0.920 bits per heavy atom. The molecule has 2 heterocycles. The molecule has 1 aromatic heterocycles. The molecule has 3 heteroatoms. The van der Waals surface area contributed by atoms with E-state index in [1.165, 1.54) is 67.6 Å². The molecule has 0 N–H and O–H groups in total. The van der Waals surface area contributed by atoms with Crippen LogP contribution >= 0.6 is 11.8 Å². The molecule has 132 valence electrons. The van der Waals surface area contributed by atoms with E-state index >= 15 is 0 Å². The molecule has 2 nitrogen and oxygen atoms in total. The molecule has 4 rings (SSSR count). The topological polar surface area (TPSA) is 16.1 Å². The summed E-state index contributed by atoms with van der Waals surface area (Å²) in [5, 5.41) is 2.06. The molecular weight excluding hydrogens is 324 g/mol. The number of likely N-dealkylation sites (tertiary alicyclic amines) is 1. The number of hydrogen-bond acceptors (Lipinski definition) is 3. The molecule has 0 unspecified atom stereocenters. The number of thioether (sulfide) groups is 1. The minimum atomic E-state index is 0.528. The van der Waals surface area contributed by atoms with Crippen LogP contribution in [0.4, 0.5) is 0 Å². The van der Waals surface area contributed by atoms with Crippen LogP contribution in [0.3, 0.4) is 0 Å². The average molecular weight is 353 g/mol. The molecule has 1 aliphatic carbocycles. The van der Waals surface area contributed by atoms with E-state index in [-0.39, 0.29) is 0 Å². The molecule has 0 amide bonds. The molecule has 1 atom stereocenters. The van der Waals surface area contributed by atoms with Crippen molar-refractivity contribution in [3.8, 4) is 0 Å². The Morgan fingerprint density at radius 2 is 1.76 bits per heavy atom. The van der Waals surface area contributed by atoms with Gasteiger partial charge in [-0.05, 0) is 43.9 Å². The molecule has 2 aromatic rings. The zero-order chi connectivity index (χ0) is 16.9. The van der Waals surface area contributed by atoms with Gasteiger partial charge in [-0.3, -0.25) is 4.90 Å². The minimum Gasteiger partial charge on any atom is -0.292 e. The number of hydrogen-bond donors (Lipinski definition) is 0. The van der Waals surface area contributed by atoms with E-state index in [0.29, 0.717) is 6.04 Å². The highest BCUT2D eigenvalue weighted by Crippen LogP contribution is 2.40. The first-order valence-corrected chi connectivity index (χ1v) is 10.7. The van der Waals surface area contributed by atoms with Gasteiger partial charge in [0.2, 0.25) is 0 Å². The van der Waals surface area contributed by atoms with Gasteiger partial charge in [-0.15, -0.1) is 11.8 Å². The lowest BCUT2D eigenvalue weighted by molar-refractivity contribution is 0.245. The highest BCUT2D eigenvalue weighted by Gasteiger charge is 2.29. The van der Waals surface area contributed by atoms with E-state index in [1.54, 1.807) is 0 Å². The molecule has 2 aliphatic rings. The van der Waals surface area contributed by atoms with Crippen molar-refractivity contribution in [1.82, 2.24) is 9.88 Å². The van der Waals surface area contributed by atoms with Gasteiger partial charge in [0, 0.05) is 29.6 Å². The fourth-order valence-electron chi connectivity index (χ4n) is 4.28. The van der Waals surface area contributed by atoms with E-state index in [9.17, 15) is 0 Å². The van der Waals surface area contributed by atoms with Crippen molar-refractivity contribution in [3.05, 3.63) is 59.8 Å². The monoisotopic (exact) mass is 352 g/mol. The first-order valence-electron chi connectivity index (χ1n) is 9.80. The Balaban J connectivity index is 1.51. The van der Waals surface area contributed by atoms with Crippen LogP contribution in [0.2, 0.25) is 0 Å². The van der Waals surface area contributed by atoms with Crippen LogP contribution in [0.25, 0.3) is 0 Å². The van der Waals surface area contributed by atoms with E-state index < -0.39 is 0 Å². The van der Waals surface area contributed by atoms with Crippen molar-refractivity contribution in [2.75, 3.05) is 6.54 Å². The predicted molar refractivity (Wildman–Crippen MR) is 106 cm³/mol. The molecule has 0 spiro atoms. The van der Waals surface area contributed by atoms with Crippen LogP contribution in [-0.4, -0.2) is 21.7 Å². The lowest BCUT2D eigenvalue weighted by Crippen LogP contribution is -2.23. The van der Waals surface area contributed by atoms with Crippen molar-refractivity contribution < 1.29 is 0 Å². The maximum atomic E-state index is 4.80. The molecule has 2 fully saturated rings. The quantitative estimate of drug-likeness (QED) is 0.672. The third-order valence-corrected chi connectivity index (χ3v) is 6.95. The second-order valence-corrected chi connectivity index (χ2v) is 8.68. The predicted octanol–water partition coefficient (Wildman–Crippen LogP) is 5.84. The minimum absolute atomic E-state index is 0.528. The SMILES string of the molecule is c1ccc(CN2CCC[C@@H]2c2cccnc2SC2CCCCC2)cc1. The normalized spacial score (nSPS) is 22.3. The van der Waals surface area contributed by atoms with E-state index in [1.807, 2.05) is 18.0 Å². The van der Waals surface area contributed by atoms with Gasteiger partial charge in [-0.25, -0.2) is 4.98 Å². The van der Waals surface area contributed by atoms with Gasteiger partial charge in [0.1, 0.15) is 5.03 Å². The van der Waals surface area contributed by atoms with Gasteiger partial charge in [-0.1, -0.05) is 55.7 Å². The summed E-state index contributed by atoms with van der Waals surface area (Å²) in [6.45, 7) is 2.25. The van der Waals surface area contributed by atoms with E-state index in [0.717, 1.165) is 11.8 Å². The highest BCUT2D eigenvalue weighted by molar-refractivity contribution is 7.99. The van der Waals surface area contributed by atoms with Gasteiger partial charge in [0.25, 0.3) is 0 Å². The first-order chi connectivity index (χ1) is 12.4. The average Bonchev–Trinajstić information content (AvgIpc) is 3.12. The van der Waals surface area contributed by atoms with Gasteiger partial charge in [0.05, 0.1) is 0 Å². The zero-order valence-electron chi connectivity index (χ0n) is 14.9. The smallest absolute Gasteiger partial charge is 0.101 e. The van der Waals surface area contributed by atoms with Crippen molar-refractivity contribution in [3.63, 3.8) is 0 Å². The van der Waals surface area contributed by atoms with Gasteiger partial charge >= 0.3 is 0 Å². The van der Waals surface area contributed by atoms with Gasteiger partial charge < -0.3 is 0 Å². The molecule has 1 saturated heterocycles. The number of aromatic nitrogens is 1. The fraction of sp³-hybridized carbons (Fsp3) is 0.500. The molecule has 1 aromatic carbocycles. The number of rotatable bonds is 5. The van der Waals surface area contributed by atoms with Crippen LogP contribution in [-0.2, 0) is 6.54 Å². The number of nitrogens with zero attached hydrogens (tertiary/aromatic N) is 2. The van der Waals surface area contributed by atoms with Crippen LogP contribution in [0, 0.1) is 0 Å². The van der Waals surface area contributed by atoms with E-state index in [4.69, 9.17) is 4.98 Å². The maximum absolute atomic E-state index is 4.80. The first kappa shape index (κ1) is 17.1. The summed E-state index contributed by atoms with van der Waals surface area (Å²) in [5.74, 6) is 0. The van der Waals surface area contributed by atoms with Crippen LogP contribution in [0.1, 0.15) is 62.1 Å². The van der Waals surface area contributed by atoms with E-state index in [2.05, 4.69) is 47.4 Å². The van der Waals surface area contributed by atoms with Crippen LogP contribution in [0.15, 0.2) is 53.7 Å². The van der Waals surface area contributed by atoms with Gasteiger partial charge in [0.15, 0.2) is 0 Å². The second-order valence-electron chi connectivity index (χ2n) is 7.39. The summed E-state index contributed by atoms with van der Waals surface area (Å²) in [6, 6.07) is 15.9. The summed E-state index contributed by atoms with van der Waals surface area (Å²) in [7, 11) is 0. The Kier molecular flexibility index (Phi) is 5.73. The van der Waals surface area contributed by atoms with Crippen LogP contribution < -0.4 is 0 Å². The molecule has 25 heavy (non-hydrogen) atoms. The molecule has 1 saturated carbocycles. The molecule has 1 aliphatic heterocycles.